The van der Waals surface area contributed by atoms with E-state index < -0.39 is 96.6 Å². The Labute approximate surface area is 319 Å². The first-order valence-electron chi connectivity index (χ1n) is 17.7. The van der Waals surface area contributed by atoms with Crippen molar-refractivity contribution in [3.8, 4) is 5.75 Å². The number of rotatable bonds is 18. The molecule has 1 aliphatic heterocycles. The van der Waals surface area contributed by atoms with Crippen LogP contribution in [0.25, 0.3) is 0 Å². The molecule has 0 radical (unpaired) electrons. The van der Waals surface area contributed by atoms with Crippen molar-refractivity contribution in [3.05, 3.63) is 64.7 Å². The van der Waals surface area contributed by atoms with Gasteiger partial charge in [0.1, 0.15) is 6.10 Å². The fraction of sp³-hybridized carbons (Fsp3) is 0.528. The van der Waals surface area contributed by atoms with E-state index in [0.29, 0.717) is 11.1 Å². The number of hydrogen-bond acceptors (Lipinski definition) is 12. The van der Waals surface area contributed by atoms with Crippen LogP contribution in [0.15, 0.2) is 30.3 Å². The summed E-state index contributed by atoms with van der Waals surface area (Å²) in [6.07, 6.45) is -2.80. The van der Waals surface area contributed by atoms with E-state index >= 15 is 0 Å². The van der Waals surface area contributed by atoms with Gasteiger partial charge >= 0.3 is 29.8 Å². The molecule has 0 saturated carbocycles. The third-order valence-corrected chi connectivity index (χ3v) is 9.14. The average molecular weight is 803 g/mol. The number of carbonyl (C=O) groups is 5. The van der Waals surface area contributed by atoms with Gasteiger partial charge in [-0.15, -0.1) is 0 Å². The molecule has 0 aliphatic carbocycles. The number of benzene rings is 2. The Balaban J connectivity index is 1.70. The van der Waals surface area contributed by atoms with Gasteiger partial charge in [0, 0.05) is 64.3 Å². The molecule has 0 aromatic heterocycles. The molecule has 16 nitrogen and oxygen atoms in total. The predicted molar refractivity (Wildman–Crippen MR) is 187 cm³/mol. The number of aliphatic hydroxyl groups is 2. The van der Waals surface area contributed by atoms with Gasteiger partial charge < -0.3 is 35.4 Å². The Bertz CT molecular complexity index is 1650. The van der Waals surface area contributed by atoms with E-state index in [4.69, 9.17) is 0 Å². The van der Waals surface area contributed by atoms with Crippen LogP contribution >= 0.6 is 0 Å². The van der Waals surface area contributed by atoms with Crippen LogP contribution in [0, 0.1) is 23.3 Å². The molecular formula is C36H46F4N4O12. The molecule has 3 rings (SSSR count). The molecule has 1 fully saturated rings. The van der Waals surface area contributed by atoms with Gasteiger partial charge in [0.05, 0.1) is 32.3 Å². The third kappa shape index (κ3) is 15.1. The van der Waals surface area contributed by atoms with Gasteiger partial charge in [-0.3, -0.25) is 43.6 Å². The second kappa shape index (κ2) is 22.1. The summed E-state index contributed by atoms with van der Waals surface area (Å²) in [5.74, 6) is -14.4. The number of unbranched alkanes of at least 4 members (excludes halogenated alkanes) is 1. The average Bonchev–Trinajstić information content (AvgIpc) is 3.11. The summed E-state index contributed by atoms with van der Waals surface area (Å²) in [5, 5.41) is 59.7. The highest BCUT2D eigenvalue weighted by molar-refractivity contribution is 5.72. The first-order chi connectivity index (χ1) is 26.4. The van der Waals surface area contributed by atoms with E-state index in [1.54, 1.807) is 31.7 Å². The number of aliphatic carboxylic acids is 4. The lowest BCUT2D eigenvalue weighted by Gasteiger charge is -2.37. The van der Waals surface area contributed by atoms with Crippen LogP contribution in [-0.2, 0) is 30.4 Å². The monoisotopic (exact) mass is 802 g/mol. The second-order valence-electron chi connectivity index (χ2n) is 13.5. The van der Waals surface area contributed by atoms with Crippen LogP contribution in [0.5, 0.6) is 5.75 Å². The van der Waals surface area contributed by atoms with Gasteiger partial charge in [-0.25, -0.2) is 8.78 Å². The first-order valence-corrected chi connectivity index (χ1v) is 17.7. The summed E-state index contributed by atoms with van der Waals surface area (Å²) in [7, 11) is 0. The zero-order valence-corrected chi connectivity index (χ0v) is 30.4. The van der Waals surface area contributed by atoms with Crippen LogP contribution in [-0.4, -0.2) is 164 Å². The van der Waals surface area contributed by atoms with E-state index in [1.807, 2.05) is 0 Å². The van der Waals surface area contributed by atoms with Gasteiger partial charge in [-0.2, -0.15) is 8.78 Å². The molecule has 20 heteroatoms. The minimum atomic E-state index is -1.86. The molecule has 2 aromatic carbocycles. The Morgan fingerprint density at radius 2 is 1.16 bits per heavy atom. The Morgan fingerprint density at radius 3 is 1.68 bits per heavy atom. The molecule has 1 saturated heterocycles. The van der Waals surface area contributed by atoms with Gasteiger partial charge in [0.15, 0.2) is 11.6 Å². The smallest absolute Gasteiger partial charge is 0.317 e. The molecule has 2 unspecified atom stereocenters. The number of aliphatic hydroxyl groups excluding tert-OH is 2. The first kappa shape index (κ1) is 45.7. The Hall–Kier alpha value is -4.73. The molecule has 1 aliphatic rings. The van der Waals surface area contributed by atoms with E-state index in [9.17, 15) is 72.2 Å². The van der Waals surface area contributed by atoms with Crippen molar-refractivity contribution in [2.24, 2.45) is 0 Å². The molecule has 0 amide bonds. The highest BCUT2D eigenvalue weighted by Gasteiger charge is 2.28. The van der Waals surface area contributed by atoms with Crippen LogP contribution in [0.4, 0.5) is 17.6 Å². The largest absolute Gasteiger partial charge is 0.480 e. The van der Waals surface area contributed by atoms with Gasteiger partial charge in [0.25, 0.3) is 0 Å². The molecular weight excluding hydrogens is 756 g/mol. The minimum absolute atomic E-state index is 0.0259. The van der Waals surface area contributed by atoms with E-state index in [-0.39, 0.29) is 90.7 Å². The van der Waals surface area contributed by atoms with Gasteiger partial charge in [-0.1, -0.05) is 30.7 Å². The third-order valence-electron chi connectivity index (χ3n) is 9.14. The van der Waals surface area contributed by atoms with E-state index in [2.05, 4.69) is 4.74 Å². The van der Waals surface area contributed by atoms with Crippen LogP contribution in [0.3, 0.4) is 0 Å². The molecule has 0 bridgehead atoms. The number of carboxylic acid groups (broad SMARTS) is 4. The van der Waals surface area contributed by atoms with Crippen LogP contribution in [0.1, 0.15) is 42.9 Å². The lowest BCUT2D eigenvalue weighted by molar-refractivity contribution is -0.142. The summed E-state index contributed by atoms with van der Waals surface area (Å²) >= 11 is 0. The Kier molecular flexibility index (Phi) is 18.0. The van der Waals surface area contributed by atoms with Crippen molar-refractivity contribution in [2.45, 2.75) is 50.4 Å². The molecule has 56 heavy (non-hydrogen) atoms. The van der Waals surface area contributed by atoms with Crippen molar-refractivity contribution >= 4 is 29.8 Å². The van der Waals surface area contributed by atoms with E-state index in [1.165, 1.54) is 12.1 Å². The van der Waals surface area contributed by atoms with Crippen molar-refractivity contribution in [3.63, 3.8) is 0 Å². The summed E-state index contributed by atoms with van der Waals surface area (Å²) < 4.78 is 58.8. The molecule has 310 valence electrons. The molecule has 1 heterocycles. The number of halogens is 4. The number of carboxylic acids is 4. The van der Waals surface area contributed by atoms with Crippen molar-refractivity contribution in [2.75, 3.05) is 72.0 Å². The fourth-order valence-corrected chi connectivity index (χ4v) is 6.29. The number of ether oxygens (including phenoxy) is 1. The van der Waals surface area contributed by atoms with Gasteiger partial charge in [0.2, 0.25) is 17.4 Å². The van der Waals surface area contributed by atoms with E-state index in [0.717, 1.165) is 0 Å². The molecule has 3 atom stereocenters. The predicted octanol–water partition coefficient (Wildman–Crippen LogP) is 1.27. The zero-order chi connectivity index (χ0) is 41.5. The maximum atomic E-state index is 13.8. The highest BCUT2D eigenvalue weighted by atomic mass is 19.2. The summed E-state index contributed by atoms with van der Waals surface area (Å²) in [5.41, 5.74) is 0.953. The summed E-state index contributed by atoms with van der Waals surface area (Å²) in [6.45, 7) is -0.751. The quantitative estimate of drug-likeness (QED) is 0.0410. The van der Waals surface area contributed by atoms with Crippen LogP contribution in [0.2, 0.25) is 0 Å². The summed E-state index contributed by atoms with van der Waals surface area (Å²) in [6, 6.07) is 5.69. The fourth-order valence-electron chi connectivity index (χ4n) is 6.29. The normalized spacial score (nSPS) is 18.0. The van der Waals surface area contributed by atoms with Crippen LogP contribution < -0.4 is 4.74 Å². The molecule has 6 N–H and O–H groups in total. The number of esters is 1. The topological polar surface area (TPSA) is 229 Å². The standard InChI is InChI=1S/C36H46F4N4O12/c37-25-16-26(38)34(40)36(33(25)39)56-32(54)4-2-1-3-27(45)35(55)23-7-5-22(6-8-23)15-24-17-43(20-30(50)51)12-11-41(18-28(46)47)9-10-42(19-29(48)49)13-14-44(24)21-31(52)53/h5-8,16,24,27,35,45,55H,1-4,9-15,17-21H2,(H,46,47)(H,48,49)(H,50,51)(H,52,53)/t24-,27?,35?/m0/s1. The minimum Gasteiger partial charge on any atom is -0.480 e. The van der Waals surface area contributed by atoms with Gasteiger partial charge in [-0.05, 0) is 30.4 Å². The summed E-state index contributed by atoms with van der Waals surface area (Å²) in [4.78, 5) is 65.3. The lowest BCUT2D eigenvalue weighted by atomic mass is 9.96. The SMILES string of the molecule is O=C(O)CN1CCN(CC(=O)O)CCN(CC(=O)O)[C@@H](Cc2ccc(C(O)C(O)CCCCC(=O)Oc3c(F)c(F)cc(F)c3F)cc2)CN(CC(=O)O)CC1. The van der Waals surface area contributed by atoms with Crippen molar-refractivity contribution < 1.29 is 76.9 Å². The number of nitrogens with zero attached hydrogens (tertiary/aromatic N) is 4. The molecule has 2 aromatic rings. The lowest BCUT2D eigenvalue weighted by Crippen LogP contribution is -2.53. The zero-order valence-electron chi connectivity index (χ0n) is 30.4. The second-order valence-corrected chi connectivity index (χ2v) is 13.5. The van der Waals surface area contributed by atoms with Crippen molar-refractivity contribution in [1.29, 1.82) is 0 Å². The maximum absolute atomic E-state index is 13.8. The maximum Gasteiger partial charge on any atom is 0.317 e. The number of carbonyl (C=O) groups excluding carboxylic acids is 1. The number of hydrogen-bond donors (Lipinski definition) is 6. The van der Waals surface area contributed by atoms with Crippen molar-refractivity contribution in [1.82, 2.24) is 19.6 Å². The molecule has 0 spiro atoms. The highest BCUT2D eigenvalue weighted by Crippen LogP contribution is 2.27. The Morgan fingerprint density at radius 1 is 0.679 bits per heavy atom.